The van der Waals surface area contributed by atoms with Gasteiger partial charge in [-0.3, -0.25) is 4.79 Å². The Morgan fingerprint density at radius 1 is 0.821 bits per heavy atom. The quantitative estimate of drug-likeness (QED) is 0.647. The van der Waals surface area contributed by atoms with Gasteiger partial charge in [-0.2, -0.15) is 0 Å². The molecular weight excluding hydrogens is 348 g/mol. The van der Waals surface area contributed by atoms with Crippen LogP contribution in [0.25, 0.3) is 0 Å². The molecule has 0 aliphatic heterocycles. The number of carbonyl (C=O) groups is 1. The van der Waals surface area contributed by atoms with Crippen molar-refractivity contribution >= 4 is 17.5 Å². The van der Waals surface area contributed by atoms with Gasteiger partial charge in [-0.1, -0.05) is 60.7 Å². The summed E-state index contributed by atoms with van der Waals surface area (Å²) in [4.78, 5) is 12.7. The van der Waals surface area contributed by atoms with Crippen LogP contribution in [0.2, 0.25) is 0 Å². The van der Waals surface area contributed by atoms with Gasteiger partial charge in [0.05, 0.1) is 0 Å². The van der Waals surface area contributed by atoms with Gasteiger partial charge in [-0.25, -0.2) is 0 Å². The van der Waals surface area contributed by atoms with Gasteiger partial charge in [-0.05, 0) is 44.0 Å². The van der Waals surface area contributed by atoms with Crippen molar-refractivity contribution in [2.24, 2.45) is 0 Å². The van der Waals surface area contributed by atoms with Crippen molar-refractivity contribution < 1.29 is 4.79 Å². The standard InChI is InChI=1S/C23H26N4O/c1-23(2,3)25-21-15-14-20(26-27-21)24-22(28)16-19(17-10-6-4-7-11-17)18-12-8-5-9-13-18/h4-15,19H,16H2,1-3H3,(H,25,27)(H,24,26,28). The van der Waals surface area contributed by atoms with Crippen molar-refractivity contribution in [2.45, 2.75) is 38.6 Å². The lowest BCUT2D eigenvalue weighted by atomic mass is 9.88. The Morgan fingerprint density at radius 2 is 1.32 bits per heavy atom. The zero-order chi connectivity index (χ0) is 20.0. The zero-order valence-electron chi connectivity index (χ0n) is 16.5. The maximum atomic E-state index is 12.7. The average molecular weight is 374 g/mol. The third-order valence-corrected chi connectivity index (χ3v) is 4.23. The molecule has 2 N–H and O–H groups in total. The number of hydrogen-bond acceptors (Lipinski definition) is 4. The minimum atomic E-state index is -0.0992. The molecule has 144 valence electrons. The van der Waals surface area contributed by atoms with Gasteiger partial charge in [-0.15, -0.1) is 10.2 Å². The highest BCUT2D eigenvalue weighted by molar-refractivity contribution is 5.90. The van der Waals surface area contributed by atoms with E-state index < -0.39 is 0 Å². The minimum absolute atomic E-state index is 0.0165. The summed E-state index contributed by atoms with van der Waals surface area (Å²) in [5.74, 6) is 1.02. The fraction of sp³-hybridized carbons (Fsp3) is 0.261. The highest BCUT2D eigenvalue weighted by Crippen LogP contribution is 2.28. The van der Waals surface area contributed by atoms with Crippen molar-refractivity contribution in [3.63, 3.8) is 0 Å². The number of rotatable bonds is 6. The molecule has 3 aromatic rings. The fourth-order valence-electron chi connectivity index (χ4n) is 3.03. The van der Waals surface area contributed by atoms with E-state index in [1.165, 1.54) is 0 Å². The van der Waals surface area contributed by atoms with Gasteiger partial charge in [0.1, 0.15) is 5.82 Å². The normalized spacial score (nSPS) is 11.3. The molecule has 5 heteroatoms. The van der Waals surface area contributed by atoms with E-state index in [-0.39, 0.29) is 17.4 Å². The van der Waals surface area contributed by atoms with Crippen molar-refractivity contribution in [1.82, 2.24) is 10.2 Å². The summed E-state index contributed by atoms with van der Waals surface area (Å²) in [5, 5.41) is 14.4. The Labute approximate surface area is 166 Å². The lowest BCUT2D eigenvalue weighted by Gasteiger charge is -2.20. The molecular formula is C23H26N4O. The first-order valence-electron chi connectivity index (χ1n) is 9.42. The highest BCUT2D eigenvalue weighted by Gasteiger charge is 2.18. The van der Waals surface area contributed by atoms with E-state index in [0.29, 0.717) is 18.1 Å². The first-order valence-corrected chi connectivity index (χ1v) is 9.42. The molecule has 0 radical (unpaired) electrons. The highest BCUT2D eigenvalue weighted by atomic mass is 16.1. The first-order chi connectivity index (χ1) is 13.4. The average Bonchev–Trinajstić information content (AvgIpc) is 2.68. The molecule has 0 unspecified atom stereocenters. The van der Waals surface area contributed by atoms with E-state index in [9.17, 15) is 4.79 Å². The molecule has 3 rings (SSSR count). The van der Waals surface area contributed by atoms with Crippen molar-refractivity contribution in [3.8, 4) is 0 Å². The number of hydrogen-bond donors (Lipinski definition) is 2. The number of amides is 1. The summed E-state index contributed by atoms with van der Waals surface area (Å²) in [6, 6.07) is 23.7. The lowest BCUT2D eigenvalue weighted by Crippen LogP contribution is -2.27. The maximum absolute atomic E-state index is 12.7. The molecule has 28 heavy (non-hydrogen) atoms. The summed E-state index contributed by atoms with van der Waals surface area (Å²) in [6.45, 7) is 6.16. The SMILES string of the molecule is CC(C)(C)Nc1ccc(NC(=O)CC(c2ccccc2)c2ccccc2)nn1. The number of nitrogens with zero attached hydrogens (tertiary/aromatic N) is 2. The van der Waals surface area contributed by atoms with Crippen molar-refractivity contribution in [1.29, 1.82) is 0 Å². The molecule has 0 aliphatic carbocycles. The van der Waals surface area contributed by atoms with Gasteiger partial charge in [0, 0.05) is 17.9 Å². The number of benzene rings is 2. The van der Waals surface area contributed by atoms with Crippen molar-refractivity contribution in [3.05, 3.63) is 83.9 Å². The summed E-state index contributed by atoms with van der Waals surface area (Å²) >= 11 is 0. The fourth-order valence-corrected chi connectivity index (χ4v) is 3.03. The third kappa shape index (κ3) is 5.64. The lowest BCUT2D eigenvalue weighted by molar-refractivity contribution is -0.116. The van der Waals surface area contributed by atoms with Gasteiger partial charge in [0.15, 0.2) is 5.82 Å². The summed E-state index contributed by atoms with van der Waals surface area (Å²) in [6.07, 6.45) is 0.331. The van der Waals surface area contributed by atoms with Gasteiger partial charge >= 0.3 is 0 Å². The molecule has 1 heterocycles. The summed E-state index contributed by atoms with van der Waals surface area (Å²) in [5.41, 5.74) is 2.12. The monoisotopic (exact) mass is 374 g/mol. The topological polar surface area (TPSA) is 66.9 Å². The molecule has 1 amide bonds. The van der Waals surface area contributed by atoms with Crippen LogP contribution in [0.1, 0.15) is 44.2 Å². The predicted molar refractivity (Wildman–Crippen MR) is 113 cm³/mol. The summed E-state index contributed by atoms with van der Waals surface area (Å²) < 4.78 is 0. The Kier molecular flexibility index (Phi) is 6.04. The van der Waals surface area contributed by atoms with Crippen LogP contribution in [-0.2, 0) is 4.79 Å². The molecule has 0 saturated heterocycles. The second-order valence-corrected chi connectivity index (χ2v) is 7.81. The van der Waals surface area contributed by atoms with Crippen LogP contribution in [0.3, 0.4) is 0 Å². The first kappa shape index (κ1) is 19.5. The van der Waals surface area contributed by atoms with Gasteiger partial charge < -0.3 is 10.6 Å². The Balaban J connectivity index is 1.71. The molecule has 2 aromatic carbocycles. The third-order valence-electron chi connectivity index (χ3n) is 4.23. The smallest absolute Gasteiger partial charge is 0.226 e. The molecule has 0 saturated carbocycles. The van der Waals surface area contributed by atoms with E-state index in [0.717, 1.165) is 11.1 Å². The van der Waals surface area contributed by atoms with E-state index in [1.807, 2.05) is 42.5 Å². The van der Waals surface area contributed by atoms with E-state index in [2.05, 4.69) is 65.9 Å². The Hall–Kier alpha value is -3.21. The Bertz CT molecular complexity index is 848. The van der Waals surface area contributed by atoms with Crippen LogP contribution < -0.4 is 10.6 Å². The minimum Gasteiger partial charge on any atom is -0.364 e. The van der Waals surface area contributed by atoms with E-state index in [1.54, 1.807) is 6.07 Å². The van der Waals surface area contributed by atoms with Crippen LogP contribution in [0.5, 0.6) is 0 Å². The maximum Gasteiger partial charge on any atom is 0.226 e. The van der Waals surface area contributed by atoms with Crippen LogP contribution in [0.15, 0.2) is 72.8 Å². The number of anilines is 2. The molecule has 5 nitrogen and oxygen atoms in total. The molecule has 0 aliphatic rings. The van der Waals surface area contributed by atoms with Crippen LogP contribution in [-0.4, -0.2) is 21.6 Å². The predicted octanol–water partition coefficient (Wildman–Crippen LogP) is 4.85. The van der Waals surface area contributed by atoms with Crippen LogP contribution in [0, 0.1) is 0 Å². The van der Waals surface area contributed by atoms with Crippen LogP contribution >= 0.6 is 0 Å². The van der Waals surface area contributed by atoms with E-state index in [4.69, 9.17) is 0 Å². The Morgan fingerprint density at radius 3 is 1.79 bits per heavy atom. The van der Waals surface area contributed by atoms with Gasteiger partial charge in [0.25, 0.3) is 0 Å². The molecule has 0 spiro atoms. The van der Waals surface area contributed by atoms with E-state index >= 15 is 0 Å². The second-order valence-electron chi connectivity index (χ2n) is 7.81. The van der Waals surface area contributed by atoms with Gasteiger partial charge in [0.2, 0.25) is 5.91 Å². The zero-order valence-corrected chi connectivity index (χ0v) is 16.5. The molecule has 0 bridgehead atoms. The molecule has 0 fully saturated rings. The summed E-state index contributed by atoms with van der Waals surface area (Å²) in [7, 11) is 0. The number of carbonyl (C=O) groups excluding carboxylic acids is 1. The molecule has 0 atom stereocenters. The number of aromatic nitrogens is 2. The number of nitrogens with one attached hydrogen (secondary N) is 2. The second kappa shape index (κ2) is 8.65. The molecule has 1 aromatic heterocycles. The van der Waals surface area contributed by atoms with Crippen LogP contribution in [0.4, 0.5) is 11.6 Å². The van der Waals surface area contributed by atoms with Crippen molar-refractivity contribution in [2.75, 3.05) is 10.6 Å². The largest absolute Gasteiger partial charge is 0.364 e.